The molecule has 0 radical (unpaired) electrons. The molecule has 0 aromatic carbocycles. The summed E-state index contributed by atoms with van der Waals surface area (Å²) in [4.78, 5) is 25.6. The normalized spacial score (nSPS) is 11.6. The zero-order valence-corrected chi connectivity index (χ0v) is 9.89. The van der Waals surface area contributed by atoms with Crippen LogP contribution in [0.15, 0.2) is 20.1 Å². The Kier molecular flexibility index (Phi) is 3.34. The first-order valence-corrected chi connectivity index (χ1v) is 5.11. The highest BCUT2D eigenvalue weighted by Crippen LogP contribution is 2.31. The highest BCUT2D eigenvalue weighted by molar-refractivity contribution is 5.94. The summed E-state index contributed by atoms with van der Waals surface area (Å²) in [7, 11) is 1.22. The Hall–Kier alpha value is -2.59. The van der Waals surface area contributed by atoms with Gasteiger partial charge in [-0.25, -0.2) is 4.79 Å². The van der Waals surface area contributed by atoms with Crippen molar-refractivity contribution in [3.63, 3.8) is 0 Å². The quantitative estimate of drug-likeness (QED) is 0.890. The number of aromatic nitrogens is 3. The molecule has 0 atom stereocenters. The van der Waals surface area contributed by atoms with E-state index in [9.17, 15) is 22.8 Å². The molecule has 20 heavy (non-hydrogen) atoms. The second-order valence-corrected chi connectivity index (χ2v) is 3.78. The highest BCUT2D eigenvalue weighted by atomic mass is 19.4. The maximum absolute atomic E-state index is 12.6. The van der Waals surface area contributed by atoms with Crippen LogP contribution in [0.3, 0.4) is 0 Å². The fourth-order valence-corrected chi connectivity index (χ4v) is 1.42. The molecule has 2 aromatic heterocycles. The molecule has 0 aliphatic heterocycles. The lowest BCUT2D eigenvalue weighted by Gasteiger charge is -2.14. The summed E-state index contributed by atoms with van der Waals surface area (Å²) >= 11 is 0. The average molecular weight is 292 g/mol. The number of rotatable bonds is 3. The third-order valence-corrected chi connectivity index (χ3v) is 2.29. The van der Waals surface area contributed by atoms with Gasteiger partial charge in [0.05, 0.1) is 6.54 Å². The first-order chi connectivity index (χ1) is 9.29. The number of nitrogens with one attached hydrogen (secondary N) is 1. The van der Waals surface area contributed by atoms with Gasteiger partial charge in [-0.2, -0.15) is 13.2 Å². The number of aromatic amines is 1. The van der Waals surface area contributed by atoms with Crippen molar-refractivity contribution in [1.29, 1.82) is 0 Å². The maximum atomic E-state index is 12.6. The molecule has 0 saturated heterocycles. The molecule has 108 valence electrons. The molecule has 11 heteroatoms. The predicted molar refractivity (Wildman–Crippen MR) is 54.4 cm³/mol. The summed E-state index contributed by atoms with van der Waals surface area (Å²) in [6, 6.07) is 0. The van der Waals surface area contributed by atoms with Crippen molar-refractivity contribution >= 4 is 5.91 Å². The summed E-state index contributed by atoms with van der Waals surface area (Å²) in [5.74, 6) is -1.82. The lowest BCUT2D eigenvalue weighted by molar-refractivity contribution is -0.143. The summed E-state index contributed by atoms with van der Waals surface area (Å²) in [5, 5.41) is 6.06. The van der Waals surface area contributed by atoms with Crippen LogP contribution >= 0.6 is 0 Å². The summed E-state index contributed by atoms with van der Waals surface area (Å²) in [6.07, 6.45) is -4.20. The number of halogens is 3. The number of amides is 1. The van der Waals surface area contributed by atoms with Gasteiger partial charge in [0, 0.05) is 7.05 Å². The van der Waals surface area contributed by atoms with Crippen LogP contribution < -0.4 is 5.76 Å². The van der Waals surface area contributed by atoms with Crippen LogP contribution in [0.5, 0.6) is 0 Å². The van der Waals surface area contributed by atoms with Gasteiger partial charge in [-0.1, -0.05) is 10.3 Å². The van der Waals surface area contributed by atoms with Crippen molar-refractivity contribution in [3.8, 4) is 0 Å². The van der Waals surface area contributed by atoms with Crippen molar-refractivity contribution in [2.45, 2.75) is 12.7 Å². The molecule has 0 aliphatic rings. The minimum Gasteiger partial charge on any atom is -0.363 e. The molecule has 1 N–H and O–H groups in total. The topological polar surface area (TPSA) is 105 Å². The van der Waals surface area contributed by atoms with Crippen molar-refractivity contribution < 1.29 is 27.0 Å². The van der Waals surface area contributed by atoms with E-state index >= 15 is 0 Å². The van der Waals surface area contributed by atoms with E-state index in [1.54, 1.807) is 0 Å². The largest absolute Gasteiger partial charge is 0.438 e. The zero-order chi connectivity index (χ0) is 14.9. The maximum Gasteiger partial charge on any atom is 0.438 e. The van der Waals surface area contributed by atoms with Gasteiger partial charge in [-0.05, 0) is 0 Å². The molecule has 0 bridgehead atoms. The Balaban J connectivity index is 2.19. The number of hydrogen-bond acceptors (Lipinski definition) is 6. The minimum atomic E-state index is -4.80. The van der Waals surface area contributed by atoms with Crippen LogP contribution in [0.25, 0.3) is 0 Å². The number of hydrogen-bond donors (Lipinski definition) is 1. The molecule has 2 rings (SSSR count). The molecule has 0 spiro atoms. The van der Waals surface area contributed by atoms with E-state index in [-0.39, 0.29) is 12.4 Å². The summed E-state index contributed by atoms with van der Waals surface area (Å²) in [6.45, 7) is -0.243. The summed E-state index contributed by atoms with van der Waals surface area (Å²) < 4.78 is 46.1. The van der Waals surface area contributed by atoms with E-state index in [2.05, 4.69) is 24.3 Å². The third-order valence-electron chi connectivity index (χ3n) is 2.29. The SMILES string of the molecule is CN(Cc1noc(=O)[nH]1)C(=O)c1conc1C(F)(F)F. The number of H-pyrrole nitrogens is 1. The van der Waals surface area contributed by atoms with Gasteiger partial charge in [0.1, 0.15) is 11.8 Å². The molecule has 2 heterocycles. The first-order valence-electron chi connectivity index (χ1n) is 5.11. The summed E-state index contributed by atoms with van der Waals surface area (Å²) in [5.41, 5.74) is -2.14. The Labute approximate surface area is 108 Å². The molecule has 0 saturated carbocycles. The Bertz CT molecular complexity index is 671. The van der Waals surface area contributed by atoms with Crippen LogP contribution in [0.1, 0.15) is 21.9 Å². The number of alkyl halides is 3. The van der Waals surface area contributed by atoms with Gasteiger partial charge in [0.25, 0.3) is 5.91 Å². The molecular weight excluding hydrogens is 285 g/mol. The van der Waals surface area contributed by atoms with E-state index < -0.39 is 29.1 Å². The van der Waals surface area contributed by atoms with Gasteiger partial charge < -0.3 is 9.42 Å². The number of nitrogens with zero attached hydrogens (tertiary/aromatic N) is 3. The second-order valence-electron chi connectivity index (χ2n) is 3.78. The lowest BCUT2D eigenvalue weighted by Crippen LogP contribution is -2.28. The van der Waals surface area contributed by atoms with Crippen molar-refractivity contribution in [2.24, 2.45) is 0 Å². The van der Waals surface area contributed by atoms with Gasteiger partial charge in [0.2, 0.25) is 0 Å². The Morgan fingerprint density at radius 2 is 2.15 bits per heavy atom. The van der Waals surface area contributed by atoms with Crippen molar-refractivity contribution in [3.05, 3.63) is 33.9 Å². The smallest absolute Gasteiger partial charge is 0.363 e. The molecule has 2 aromatic rings. The molecule has 0 aliphatic carbocycles. The van der Waals surface area contributed by atoms with Crippen LogP contribution in [0, 0.1) is 0 Å². The van der Waals surface area contributed by atoms with Crippen molar-refractivity contribution in [1.82, 2.24) is 20.2 Å². The van der Waals surface area contributed by atoms with Crippen LogP contribution in [-0.4, -0.2) is 33.2 Å². The molecule has 0 unspecified atom stereocenters. The van der Waals surface area contributed by atoms with Gasteiger partial charge in [-0.3, -0.25) is 14.3 Å². The standard InChI is InChI=1S/C9H7F3N4O4/c1-16(2-5-13-8(18)20-14-5)7(17)4-3-19-15-6(4)9(10,11)12/h3H,2H2,1H3,(H,13,14,18). The minimum absolute atomic E-state index is 0.00383. The van der Waals surface area contributed by atoms with Gasteiger partial charge in [0.15, 0.2) is 11.5 Å². The Morgan fingerprint density at radius 1 is 1.45 bits per heavy atom. The molecular formula is C9H7F3N4O4. The molecule has 1 amide bonds. The van der Waals surface area contributed by atoms with Gasteiger partial charge >= 0.3 is 11.9 Å². The predicted octanol–water partition coefficient (Wildman–Crippen LogP) is 0.642. The lowest BCUT2D eigenvalue weighted by atomic mass is 10.2. The number of carbonyl (C=O) groups excluding carboxylic acids is 1. The van der Waals surface area contributed by atoms with Crippen LogP contribution in [0.2, 0.25) is 0 Å². The molecule has 0 fully saturated rings. The number of carbonyl (C=O) groups is 1. The fraction of sp³-hybridized carbons (Fsp3) is 0.333. The highest BCUT2D eigenvalue weighted by Gasteiger charge is 2.40. The van der Waals surface area contributed by atoms with E-state index in [4.69, 9.17) is 0 Å². The fourth-order valence-electron chi connectivity index (χ4n) is 1.42. The monoisotopic (exact) mass is 292 g/mol. The van der Waals surface area contributed by atoms with E-state index in [1.165, 1.54) is 7.05 Å². The van der Waals surface area contributed by atoms with Gasteiger partial charge in [-0.15, -0.1) is 0 Å². The molecule has 8 nitrogen and oxygen atoms in total. The second kappa shape index (κ2) is 4.83. The van der Waals surface area contributed by atoms with Crippen LogP contribution in [0.4, 0.5) is 13.2 Å². The zero-order valence-electron chi connectivity index (χ0n) is 9.89. The van der Waals surface area contributed by atoms with Crippen molar-refractivity contribution in [2.75, 3.05) is 7.05 Å². The first kappa shape index (κ1) is 13.8. The van der Waals surface area contributed by atoms with Crippen LogP contribution in [-0.2, 0) is 12.7 Å². The average Bonchev–Trinajstić information content (AvgIpc) is 2.96. The van der Waals surface area contributed by atoms with E-state index in [0.29, 0.717) is 6.26 Å². The van der Waals surface area contributed by atoms with E-state index in [1.807, 2.05) is 0 Å². The van der Waals surface area contributed by atoms with E-state index in [0.717, 1.165) is 4.90 Å². The third kappa shape index (κ3) is 2.70. The Morgan fingerprint density at radius 3 is 2.70 bits per heavy atom.